The van der Waals surface area contributed by atoms with Crippen LogP contribution >= 0.6 is 0 Å². The molecule has 0 atom stereocenters. The van der Waals surface area contributed by atoms with E-state index in [2.05, 4.69) is 9.97 Å². The summed E-state index contributed by atoms with van der Waals surface area (Å²) in [6, 6.07) is 21.8. The van der Waals surface area contributed by atoms with Crippen molar-refractivity contribution >= 4 is 33.2 Å². The van der Waals surface area contributed by atoms with E-state index in [1.807, 2.05) is 0 Å². The zero-order chi connectivity index (χ0) is 29.7. The molecule has 0 aliphatic carbocycles. The molecular formula is C30H20N6O6. The smallest absolute Gasteiger partial charge is 0.268 e. The maximum Gasteiger partial charge on any atom is 0.271 e. The van der Waals surface area contributed by atoms with Crippen LogP contribution < -0.4 is 11.1 Å². The van der Waals surface area contributed by atoms with Gasteiger partial charge in [-0.05, 0) is 61.4 Å². The molecule has 0 N–H and O–H groups in total. The summed E-state index contributed by atoms with van der Waals surface area (Å²) in [6.45, 7) is 3.30. The van der Waals surface area contributed by atoms with Crippen molar-refractivity contribution in [2.75, 3.05) is 0 Å². The van der Waals surface area contributed by atoms with Crippen LogP contribution in [0.15, 0.2) is 94.5 Å². The lowest BCUT2D eigenvalue weighted by atomic mass is 10.0. The maximum absolute atomic E-state index is 13.6. The molecule has 0 radical (unpaired) electrons. The predicted octanol–water partition coefficient (Wildman–Crippen LogP) is 5.19. The molecule has 0 unspecified atom stereocenters. The van der Waals surface area contributed by atoms with Gasteiger partial charge in [0.05, 0.1) is 43.0 Å². The van der Waals surface area contributed by atoms with Crippen LogP contribution in [0.1, 0.15) is 11.6 Å². The Kier molecular flexibility index (Phi) is 6.15. The van der Waals surface area contributed by atoms with Crippen molar-refractivity contribution in [1.29, 1.82) is 0 Å². The number of benzene rings is 4. The fraction of sp³-hybridized carbons (Fsp3) is 0.0667. The zero-order valence-electron chi connectivity index (χ0n) is 22.2. The van der Waals surface area contributed by atoms with Crippen LogP contribution in [0.25, 0.3) is 44.3 Å². The molecule has 0 saturated heterocycles. The summed E-state index contributed by atoms with van der Waals surface area (Å²) in [5, 5.41) is 23.2. The summed E-state index contributed by atoms with van der Waals surface area (Å²) in [4.78, 5) is 57.9. The van der Waals surface area contributed by atoms with Crippen molar-refractivity contribution in [2.45, 2.75) is 13.8 Å². The minimum atomic E-state index is -0.528. The van der Waals surface area contributed by atoms with E-state index in [4.69, 9.17) is 0 Å². The van der Waals surface area contributed by atoms with E-state index in [1.165, 1.54) is 45.5 Å². The molecule has 2 heterocycles. The standard InChI is InChI=1S/C30H20N6O6/c1-17-31-27-11-9-19(13-25(27)29(37)33(17)21-5-3-7-23(15-21)35(39)40)20-10-12-28-26(14-20)30(38)34(18(2)32-28)22-6-4-8-24(16-22)36(41)42/h3-16H,1-2H3. The number of nitro groups is 2. The number of rotatable bonds is 5. The van der Waals surface area contributed by atoms with Crippen molar-refractivity contribution in [3.63, 3.8) is 0 Å². The normalized spacial score (nSPS) is 11.2. The quantitative estimate of drug-likeness (QED) is 0.206. The first-order valence-electron chi connectivity index (χ1n) is 12.7. The number of fused-ring (bicyclic) bond motifs is 2. The van der Waals surface area contributed by atoms with E-state index in [-0.39, 0.29) is 11.4 Å². The second-order valence-corrected chi connectivity index (χ2v) is 9.62. The summed E-state index contributed by atoms with van der Waals surface area (Å²) in [5.74, 6) is 0.740. The molecule has 0 aliphatic rings. The molecule has 6 aromatic rings. The highest BCUT2D eigenvalue weighted by Gasteiger charge is 2.16. The van der Waals surface area contributed by atoms with Gasteiger partial charge in [-0.3, -0.25) is 39.0 Å². The number of hydrogen-bond donors (Lipinski definition) is 0. The van der Waals surface area contributed by atoms with Gasteiger partial charge in [0.1, 0.15) is 11.6 Å². The fourth-order valence-corrected chi connectivity index (χ4v) is 5.05. The van der Waals surface area contributed by atoms with E-state index >= 15 is 0 Å². The third kappa shape index (κ3) is 4.36. The van der Waals surface area contributed by atoms with Gasteiger partial charge in [0.25, 0.3) is 22.5 Å². The zero-order valence-corrected chi connectivity index (χ0v) is 22.2. The molecule has 0 aliphatic heterocycles. The maximum atomic E-state index is 13.6. The Morgan fingerprint density at radius 1 is 0.595 bits per heavy atom. The predicted molar refractivity (Wildman–Crippen MR) is 156 cm³/mol. The topological polar surface area (TPSA) is 156 Å². The number of aromatic nitrogens is 4. The molecule has 12 nitrogen and oxygen atoms in total. The minimum Gasteiger partial charge on any atom is -0.268 e. The SMILES string of the molecule is Cc1nc2ccc(-c3ccc4nc(C)n(-c5cccc([N+](=O)[O-])c5)c(=O)c4c3)cc2c(=O)n1-c1cccc([N+](=O)[O-])c1. The van der Waals surface area contributed by atoms with Crippen LogP contribution in [-0.2, 0) is 0 Å². The Balaban J connectivity index is 1.51. The molecular weight excluding hydrogens is 540 g/mol. The fourth-order valence-electron chi connectivity index (χ4n) is 5.05. The van der Waals surface area contributed by atoms with Crippen molar-refractivity contribution in [2.24, 2.45) is 0 Å². The monoisotopic (exact) mass is 560 g/mol. The molecule has 0 spiro atoms. The number of nitrogens with zero attached hydrogens (tertiary/aromatic N) is 6. The molecule has 206 valence electrons. The van der Waals surface area contributed by atoms with Gasteiger partial charge < -0.3 is 0 Å². The molecule has 4 aromatic carbocycles. The number of nitro benzene ring substituents is 2. The lowest BCUT2D eigenvalue weighted by molar-refractivity contribution is -0.385. The third-order valence-electron chi connectivity index (χ3n) is 7.00. The molecule has 42 heavy (non-hydrogen) atoms. The van der Waals surface area contributed by atoms with Crippen LogP contribution in [0.4, 0.5) is 11.4 Å². The summed E-state index contributed by atoms with van der Waals surface area (Å²) in [7, 11) is 0. The Labute approximate surface area is 236 Å². The Bertz CT molecular complexity index is 2080. The number of hydrogen-bond acceptors (Lipinski definition) is 8. The molecule has 0 amide bonds. The summed E-state index contributed by atoms with van der Waals surface area (Å²) < 4.78 is 2.65. The van der Waals surface area contributed by atoms with Crippen molar-refractivity contribution in [3.8, 4) is 22.5 Å². The van der Waals surface area contributed by atoms with Gasteiger partial charge in [-0.15, -0.1) is 0 Å². The van der Waals surface area contributed by atoms with Gasteiger partial charge in [-0.25, -0.2) is 9.97 Å². The Hall–Kier alpha value is -6.04. The first kappa shape index (κ1) is 26.2. The lowest BCUT2D eigenvalue weighted by Gasteiger charge is -2.13. The molecule has 12 heteroatoms. The van der Waals surface area contributed by atoms with E-state index in [0.717, 1.165) is 0 Å². The van der Waals surface area contributed by atoms with Crippen LogP contribution in [0.3, 0.4) is 0 Å². The van der Waals surface area contributed by atoms with Gasteiger partial charge in [0.15, 0.2) is 0 Å². The molecule has 0 saturated carbocycles. The van der Waals surface area contributed by atoms with Crippen molar-refractivity contribution < 1.29 is 9.85 Å². The number of aryl methyl sites for hydroxylation is 2. The largest absolute Gasteiger partial charge is 0.271 e. The van der Waals surface area contributed by atoms with Crippen LogP contribution in [0.5, 0.6) is 0 Å². The summed E-state index contributed by atoms with van der Waals surface area (Å²) in [5.41, 5.74) is 1.73. The van der Waals surface area contributed by atoms with Gasteiger partial charge in [0, 0.05) is 24.3 Å². The van der Waals surface area contributed by atoms with Gasteiger partial charge in [-0.1, -0.05) is 24.3 Å². The van der Waals surface area contributed by atoms with Gasteiger partial charge in [-0.2, -0.15) is 0 Å². The highest BCUT2D eigenvalue weighted by Crippen LogP contribution is 2.26. The van der Waals surface area contributed by atoms with Gasteiger partial charge in [0.2, 0.25) is 0 Å². The number of non-ortho nitro benzene ring substituents is 2. The van der Waals surface area contributed by atoms with Gasteiger partial charge >= 0.3 is 0 Å². The van der Waals surface area contributed by atoms with Crippen LogP contribution in [0, 0.1) is 34.1 Å². The van der Waals surface area contributed by atoms with Crippen molar-refractivity contribution in [3.05, 3.63) is 138 Å². The first-order chi connectivity index (χ1) is 20.1. The second kappa shape index (κ2) is 9.86. The Morgan fingerprint density at radius 3 is 1.38 bits per heavy atom. The lowest BCUT2D eigenvalue weighted by Crippen LogP contribution is -2.22. The third-order valence-corrected chi connectivity index (χ3v) is 7.00. The molecule has 6 rings (SSSR count). The van der Waals surface area contributed by atoms with E-state index < -0.39 is 21.0 Å². The Morgan fingerprint density at radius 2 is 1.00 bits per heavy atom. The van der Waals surface area contributed by atoms with E-state index in [1.54, 1.807) is 62.4 Å². The van der Waals surface area contributed by atoms with Crippen molar-refractivity contribution in [1.82, 2.24) is 19.1 Å². The molecule has 2 aromatic heterocycles. The first-order valence-corrected chi connectivity index (χ1v) is 12.7. The van der Waals surface area contributed by atoms with Crippen LogP contribution in [0.2, 0.25) is 0 Å². The average Bonchev–Trinajstić information content (AvgIpc) is 2.97. The highest BCUT2D eigenvalue weighted by molar-refractivity contribution is 5.88. The highest BCUT2D eigenvalue weighted by atomic mass is 16.6. The minimum absolute atomic E-state index is 0.150. The van der Waals surface area contributed by atoms with E-state index in [9.17, 15) is 29.8 Å². The average molecular weight is 561 g/mol. The van der Waals surface area contributed by atoms with E-state index in [0.29, 0.717) is 56.0 Å². The molecule has 0 bridgehead atoms. The summed E-state index contributed by atoms with van der Waals surface area (Å²) >= 11 is 0. The summed E-state index contributed by atoms with van der Waals surface area (Å²) in [6.07, 6.45) is 0. The molecule has 0 fully saturated rings. The second-order valence-electron chi connectivity index (χ2n) is 9.62. The van der Waals surface area contributed by atoms with Crippen LogP contribution in [-0.4, -0.2) is 28.9 Å².